The van der Waals surface area contributed by atoms with Crippen LogP contribution in [0.15, 0.2) is 12.2 Å². The molecular formula is C10H16O7. The average molecular weight is 248 g/mol. The minimum absolute atomic E-state index is 0.0863. The van der Waals surface area contributed by atoms with Gasteiger partial charge in [0.2, 0.25) is 5.78 Å². The Bertz CT molecular complexity index is 299. The molecule has 0 unspecified atom stereocenters. The molecule has 0 aliphatic carbocycles. The van der Waals surface area contributed by atoms with Gasteiger partial charge in [0.05, 0.1) is 6.61 Å². The fraction of sp³-hybridized carbons (Fsp3) is 0.600. The summed E-state index contributed by atoms with van der Waals surface area (Å²) >= 11 is 0. The molecule has 7 nitrogen and oxygen atoms in total. The van der Waals surface area contributed by atoms with Gasteiger partial charge in [-0.15, -0.1) is 0 Å². The van der Waals surface area contributed by atoms with E-state index < -0.39 is 43.3 Å². The van der Waals surface area contributed by atoms with Crippen molar-refractivity contribution in [2.45, 2.75) is 25.2 Å². The van der Waals surface area contributed by atoms with E-state index in [4.69, 9.17) is 10.2 Å². The monoisotopic (exact) mass is 248 g/mol. The van der Waals surface area contributed by atoms with E-state index in [2.05, 4.69) is 11.3 Å². The van der Waals surface area contributed by atoms with E-state index in [0.29, 0.717) is 0 Å². The molecule has 0 amide bonds. The highest BCUT2D eigenvalue weighted by Gasteiger charge is 2.30. The lowest BCUT2D eigenvalue weighted by Gasteiger charge is -2.20. The van der Waals surface area contributed by atoms with Crippen molar-refractivity contribution in [2.75, 3.05) is 13.2 Å². The molecule has 0 aromatic heterocycles. The van der Waals surface area contributed by atoms with Gasteiger partial charge in [-0.05, 0) is 6.92 Å². The van der Waals surface area contributed by atoms with Crippen molar-refractivity contribution in [1.29, 1.82) is 0 Å². The summed E-state index contributed by atoms with van der Waals surface area (Å²) in [4.78, 5) is 22.1. The first kappa shape index (κ1) is 15.7. The van der Waals surface area contributed by atoms with Crippen molar-refractivity contribution in [3.63, 3.8) is 0 Å². The standard InChI is InChI=1S/C10H16O7/c1-5(2)10(16)17-4-7(13)9(15)8(14)6(12)3-11/h6,8-9,11-12,14-15H,1,3-4H2,2H3/t6-,8+,9+/m0/s1. The Labute approximate surface area is 97.9 Å². The SMILES string of the molecule is C=C(C)C(=O)OCC(=O)[C@@H](O)[C@H](O)[C@@H](O)CO. The number of hydrogen-bond donors (Lipinski definition) is 4. The van der Waals surface area contributed by atoms with Gasteiger partial charge in [0.1, 0.15) is 18.3 Å². The van der Waals surface area contributed by atoms with Crippen LogP contribution in [0, 0.1) is 0 Å². The Kier molecular flexibility index (Phi) is 6.59. The molecule has 0 saturated heterocycles. The second-order valence-electron chi connectivity index (χ2n) is 3.51. The van der Waals surface area contributed by atoms with Gasteiger partial charge in [0, 0.05) is 5.57 Å². The molecule has 0 bridgehead atoms. The molecule has 98 valence electrons. The first-order chi connectivity index (χ1) is 7.81. The van der Waals surface area contributed by atoms with E-state index in [1.165, 1.54) is 6.92 Å². The Balaban J connectivity index is 4.23. The summed E-state index contributed by atoms with van der Waals surface area (Å²) in [7, 11) is 0. The Morgan fingerprint density at radius 3 is 2.24 bits per heavy atom. The predicted molar refractivity (Wildman–Crippen MR) is 55.9 cm³/mol. The maximum absolute atomic E-state index is 11.2. The number of aliphatic hydroxyl groups is 4. The van der Waals surface area contributed by atoms with Crippen LogP contribution in [0.25, 0.3) is 0 Å². The lowest BCUT2D eigenvalue weighted by Crippen LogP contribution is -2.45. The first-order valence-corrected chi connectivity index (χ1v) is 4.81. The van der Waals surface area contributed by atoms with Crippen LogP contribution >= 0.6 is 0 Å². The van der Waals surface area contributed by atoms with Crippen LogP contribution in [0.1, 0.15) is 6.92 Å². The topological polar surface area (TPSA) is 124 Å². The molecule has 0 spiro atoms. The maximum Gasteiger partial charge on any atom is 0.333 e. The summed E-state index contributed by atoms with van der Waals surface area (Å²) < 4.78 is 4.45. The second-order valence-corrected chi connectivity index (χ2v) is 3.51. The highest BCUT2D eigenvalue weighted by Crippen LogP contribution is 2.02. The van der Waals surface area contributed by atoms with E-state index in [1.807, 2.05) is 0 Å². The Morgan fingerprint density at radius 2 is 1.82 bits per heavy atom. The van der Waals surface area contributed by atoms with E-state index in [9.17, 15) is 19.8 Å². The summed E-state index contributed by atoms with van der Waals surface area (Å²) in [6.07, 6.45) is -5.42. The van der Waals surface area contributed by atoms with Crippen LogP contribution < -0.4 is 0 Å². The number of hydrogen-bond acceptors (Lipinski definition) is 7. The summed E-state index contributed by atoms with van der Waals surface area (Å²) in [5.41, 5.74) is 0.0863. The van der Waals surface area contributed by atoms with Crippen LogP contribution in [0.2, 0.25) is 0 Å². The second kappa shape index (κ2) is 7.13. The Hall–Kier alpha value is -1.28. The molecular weight excluding hydrogens is 232 g/mol. The fourth-order valence-electron chi connectivity index (χ4n) is 0.854. The quantitative estimate of drug-likeness (QED) is 0.296. The number of carbonyl (C=O) groups is 2. The smallest absolute Gasteiger partial charge is 0.333 e. The molecule has 17 heavy (non-hydrogen) atoms. The van der Waals surface area contributed by atoms with Gasteiger partial charge >= 0.3 is 5.97 Å². The van der Waals surface area contributed by atoms with Crippen molar-refractivity contribution in [3.8, 4) is 0 Å². The molecule has 0 radical (unpaired) electrons. The lowest BCUT2D eigenvalue weighted by atomic mass is 10.1. The number of ether oxygens (including phenoxy) is 1. The number of aliphatic hydroxyl groups excluding tert-OH is 4. The molecule has 0 aliphatic rings. The van der Waals surface area contributed by atoms with Crippen molar-refractivity contribution in [2.24, 2.45) is 0 Å². The maximum atomic E-state index is 11.2. The number of ketones is 1. The number of Topliss-reactive ketones (excluding diaryl/α,β-unsaturated/α-hetero) is 1. The van der Waals surface area contributed by atoms with Crippen LogP contribution in [-0.2, 0) is 14.3 Å². The fourth-order valence-corrected chi connectivity index (χ4v) is 0.854. The third-order valence-corrected chi connectivity index (χ3v) is 1.93. The third-order valence-electron chi connectivity index (χ3n) is 1.93. The minimum Gasteiger partial charge on any atom is -0.454 e. The van der Waals surface area contributed by atoms with E-state index in [0.717, 1.165) is 0 Å². The molecule has 0 heterocycles. The molecule has 3 atom stereocenters. The zero-order chi connectivity index (χ0) is 13.6. The molecule has 0 rings (SSSR count). The molecule has 4 N–H and O–H groups in total. The number of rotatable bonds is 7. The molecule has 0 aliphatic heterocycles. The summed E-state index contributed by atoms with van der Waals surface area (Å²) in [5.74, 6) is -1.79. The van der Waals surface area contributed by atoms with Gasteiger partial charge in [0.25, 0.3) is 0 Å². The van der Waals surface area contributed by atoms with Gasteiger partial charge in [-0.25, -0.2) is 4.79 Å². The highest BCUT2D eigenvalue weighted by atomic mass is 16.5. The van der Waals surface area contributed by atoms with Crippen molar-refractivity contribution in [3.05, 3.63) is 12.2 Å². The summed E-state index contributed by atoms with van der Waals surface area (Å²) in [5, 5.41) is 35.9. The van der Waals surface area contributed by atoms with Crippen molar-refractivity contribution in [1.82, 2.24) is 0 Å². The minimum atomic E-state index is -1.94. The first-order valence-electron chi connectivity index (χ1n) is 4.81. The lowest BCUT2D eigenvalue weighted by molar-refractivity contribution is -0.152. The molecule has 0 saturated carbocycles. The highest BCUT2D eigenvalue weighted by molar-refractivity contribution is 5.91. The summed E-state index contributed by atoms with van der Waals surface area (Å²) in [6, 6.07) is 0. The van der Waals surface area contributed by atoms with E-state index in [-0.39, 0.29) is 5.57 Å². The molecule has 7 heteroatoms. The van der Waals surface area contributed by atoms with Crippen LogP contribution in [-0.4, -0.2) is 63.7 Å². The Morgan fingerprint density at radius 1 is 1.29 bits per heavy atom. The van der Waals surface area contributed by atoms with Gasteiger partial charge in [-0.2, -0.15) is 0 Å². The van der Waals surface area contributed by atoms with E-state index >= 15 is 0 Å². The zero-order valence-corrected chi connectivity index (χ0v) is 9.37. The van der Waals surface area contributed by atoms with E-state index in [1.54, 1.807) is 0 Å². The zero-order valence-electron chi connectivity index (χ0n) is 9.37. The average Bonchev–Trinajstić information content (AvgIpc) is 2.32. The molecule has 0 aromatic carbocycles. The number of carbonyl (C=O) groups excluding carboxylic acids is 2. The van der Waals surface area contributed by atoms with Gasteiger partial charge in [-0.1, -0.05) is 6.58 Å². The summed E-state index contributed by atoms with van der Waals surface area (Å²) in [6.45, 7) is 3.11. The van der Waals surface area contributed by atoms with Gasteiger partial charge in [0.15, 0.2) is 6.61 Å². The predicted octanol–water partition coefficient (Wildman–Crippen LogP) is -2.25. The third kappa shape index (κ3) is 5.05. The molecule has 0 fully saturated rings. The van der Waals surface area contributed by atoms with Crippen LogP contribution in [0.4, 0.5) is 0 Å². The van der Waals surface area contributed by atoms with Gasteiger partial charge in [-0.3, -0.25) is 4.79 Å². The largest absolute Gasteiger partial charge is 0.454 e. The van der Waals surface area contributed by atoms with Gasteiger partial charge < -0.3 is 25.2 Å². The van der Waals surface area contributed by atoms with Crippen molar-refractivity contribution >= 4 is 11.8 Å². The normalized spacial score (nSPS) is 15.8. The molecule has 0 aromatic rings. The van der Waals surface area contributed by atoms with Crippen LogP contribution in [0.3, 0.4) is 0 Å². The number of esters is 1. The van der Waals surface area contributed by atoms with Crippen molar-refractivity contribution < 1.29 is 34.8 Å². The van der Waals surface area contributed by atoms with Crippen LogP contribution in [0.5, 0.6) is 0 Å².